The Morgan fingerprint density at radius 2 is 1.87 bits per heavy atom. The van der Waals surface area contributed by atoms with E-state index in [2.05, 4.69) is 47.5 Å². The quantitative estimate of drug-likeness (QED) is 0.623. The van der Waals surface area contributed by atoms with Crippen LogP contribution < -0.4 is 9.64 Å². The van der Waals surface area contributed by atoms with Crippen LogP contribution in [0.2, 0.25) is 0 Å². The lowest BCUT2D eigenvalue weighted by Gasteiger charge is -2.44. The van der Waals surface area contributed by atoms with Crippen molar-refractivity contribution in [1.29, 1.82) is 0 Å². The van der Waals surface area contributed by atoms with Gasteiger partial charge in [0.05, 0.1) is 6.61 Å². The highest BCUT2D eigenvalue weighted by atomic mass is 32.2. The second kappa shape index (κ2) is 9.90. The summed E-state index contributed by atoms with van der Waals surface area (Å²) in [6.07, 6.45) is 6.74. The van der Waals surface area contributed by atoms with E-state index in [0.29, 0.717) is 25.6 Å². The van der Waals surface area contributed by atoms with E-state index >= 15 is 0 Å². The Balaban J connectivity index is 1.31. The van der Waals surface area contributed by atoms with Crippen LogP contribution in [-0.2, 0) is 11.2 Å². The Kier molecular flexibility index (Phi) is 7.22. The number of amides is 1. The van der Waals surface area contributed by atoms with E-state index in [1.54, 1.807) is 0 Å². The first kappa shape index (κ1) is 22.6. The van der Waals surface area contributed by atoms with Gasteiger partial charge in [0.2, 0.25) is 0 Å². The fourth-order valence-electron chi connectivity index (χ4n) is 4.76. The second-order valence-corrected chi connectivity index (χ2v) is 10.3. The summed E-state index contributed by atoms with van der Waals surface area (Å²) in [5.74, 6) is 1.58. The van der Waals surface area contributed by atoms with Crippen molar-refractivity contribution in [2.24, 2.45) is 5.92 Å². The van der Waals surface area contributed by atoms with Crippen molar-refractivity contribution in [1.82, 2.24) is 9.21 Å². The lowest BCUT2D eigenvalue weighted by molar-refractivity contribution is -0.0145. The summed E-state index contributed by atoms with van der Waals surface area (Å²) in [7, 11) is 0. The molecule has 3 heterocycles. The molecule has 0 atom stereocenters. The molecule has 0 radical (unpaired) electrons. The van der Waals surface area contributed by atoms with Gasteiger partial charge in [-0.1, -0.05) is 25.8 Å². The van der Waals surface area contributed by atoms with E-state index in [9.17, 15) is 4.79 Å². The highest BCUT2D eigenvalue weighted by Gasteiger charge is 2.41. The van der Waals surface area contributed by atoms with Gasteiger partial charge >= 0.3 is 6.09 Å². The maximum atomic E-state index is 12.3. The van der Waals surface area contributed by atoms with Gasteiger partial charge in [-0.2, -0.15) is 0 Å². The molecule has 2 saturated heterocycles. The molecule has 0 saturated carbocycles. The van der Waals surface area contributed by atoms with Gasteiger partial charge in [-0.3, -0.25) is 0 Å². The van der Waals surface area contributed by atoms with Crippen LogP contribution in [0.3, 0.4) is 0 Å². The number of rotatable bonds is 5. The monoisotopic (exact) mass is 447 g/mol. The molecule has 3 aliphatic heterocycles. The summed E-state index contributed by atoms with van der Waals surface area (Å²) < 4.78 is 14.4. The number of nitrogens with zero attached hydrogens (tertiary/aromatic N) is 3. The number of carbonyl (C=O) groups is 1. The summed E-state index contributed by atoms with van der Waals surface area (Å²) in [5, 5.41) is 0. The number of fused-ring (bicyclic) bond motifs is 1. The van der Waals surface area contributed by atoms with Crippen molar-refractivity contribution in [2.75, 3.05) is 57.0 Å². The van der Waals surface area contributed by atoms with E-state index in [-0.39, 0.29) is 11.7 Å². The van der Waals surface area contributed by atoms with Crippen LogP contribution in [0.5, 0.6) is 5.75 Å². The van der Waals surface area contributed by atoms with Gasteiger partial charge in [0.25, 0.3) is 0 Å². The average Bonchev–Trinajstić information content (AvgIpc) is 2.79. The second-order valence-electron chi connectivity index (χ2n) is 9.46. The Hall–Kier alpha value is -1.60. The van der Waals surface area contributed by atoms with E-state index in [0.717, 1.165) is 64.0 Å². The van der Waals surface area contributed by atoms with E-state index < -0.39 is 0 Å². The number of piperidine rings is 1. The highest BCUT2D eigenvalue weighted by molar-refractivity contribution is 7.96. The summed E-state index contributed by atoms with van der Waals surface area (Å²) in [5.41, 5.74) is 2.51. The summed E-state index contributed by atoms with van der Waals surface area (Å²) in [6, 6.07) is 6.71. The number of aryl methyl sites for hydroxylation is 1. The van der Waals surface area contributed by atoms with Gasteiger partial charge < -0.3 is 19.3 Å². The predicted molar refractivity (Wildman–Crippen MR) is 127 cm³/mol. The van der Waals surface area contributed by atoms with Crippen molar-refractivity contribution >= 4 is 23.7 Å². The Bertz CT molecular complexity index is 756. The van der Waals surface area contributed by atoms with Gasteiger partial charge in [-0.15, -0.1) is 0 Å². The fourth-order valence-corrected chi connectivity index (χ4v) is 5.28. The zero-order valence-electron chi connectivity index (χ0n) is 19.3. The van der Waals surface area contributed by atoms with Crippen LogP contribution in [-0.4, -0.2) is 73.0 Å². The number of carbonyl (C=O) groups excluding carboxylic acids is 1. The molecule has 31 heavy (non-hydrogen) atoms. The van der Waals surface area contributed by atoms with E-state index in [1.807, 2.05) is 16.8 Å². The van der Waals surface area contributed by atoms with Gasteiger partial charge in [0, 0.05) is 57.8 Å². The molecule has 0 unspecified atom stereocenters. The molecular weight excluding hydrogens is 410 g/mol. The number of piperazine rings is 1. The molecule has 1 spiro atoms. The van der Waals surface area contributed by atoms with Crippen LogP contribution in [0.25, 0.3) is 0 Å². The van der Waals surface area contributed by atoms with Crippen LogP contribution in [0.1, 0.15) is 45.1 Å². The van der Waals surface area contributed by atoms with Crippen LogP contribution in [0, 0.1) is 5.92 Å². The third kappa shape index (κ3) is 5.43. The number of ether oxygens (including phenoxy) is 2. The topological polar surface area (TPSA) is 45.2 Å². The minimum absolute atomic E-state index is 0.132. The summed E-state index contributed by atoms with van der Waals surface area (Å²) in [4.78, 5) is 16.7. The number of likely N-dealkylation sites (tertiary alicyclic amines) is 1. The molecule has 2 fully saturated rings. The van der Waals surface area contributed by atoms with Gasteiger partial charge in [0.15, 0.2) is 0 Å². The normalized spacial score (nSPS) is 21.2. The highest BCUT2D eigenvalue weighted by Crippen LogP contribution is 2.41. The number of anilines is 1. The molecule has 3 aliphatic rings. The average molecular weight is 448 g/mol. The van der Waals surface area contributed by atoms with Gasteiger partial charge in [-0.05, 0) is 55.2 Å². The molecule has 6 nitrogen and oxygen atoms in total. The minimum Gasteiger partial charge on any atom is -0.487 e. The molecule has 7 heteroatoms. The third-order valence-corrected chi connectivity index (χ3v) is 7.82. The maximum Gasteiger partial charge on any atom is 0.409 e. The number of hydrogen-bond donors (Lipinski definition) is 0. The number of hydrogen-bond acceptors (Lipinski definition) is 6. The predicted octanol–water partition coefficient (Wildman–Crippen LogP) is 4.43. The molecule has 1 aromatic rings. The number of benzene rings is 1. The van der Waals surface area contributed by atoms with Crippen LogP contribution in [0.15, 0.2) is 18.2 Å². The molecule has 1 amide bonds. The minimum atomic E-state index is -0.169. The molecular formula is C24H37N3O3S. The standard InChI is InChI=1S/C24H37N3O3S/c1-19(2)7-17-29-23(28)26-11-9-24(10-12-26)8-6-20-18-21(4-5-22(20)30-24)25-13-15-27(31-3)16-14-25/h4-5,18-19H,6-17H2,1-3H3. The molecule has 1 aromatic carbocycles. The molecule has 0 bridgehead atoms. The first-order valence-electron chi connectivity index (χ1n) is 11.8. The van der Waals surface area contributed by atoms with Crippen LogP contribution >= 0.6 is 11.9 Å². The van der Waals surface area contributed by atoms with Crippen molar-refractivity contribution in [3.8, 4) is 5.75 Å². The van der Waals surface area contributed by atoms with Crippen LogP contribution in [0.4, 0.5) is 10.5 Å². The molecule has 0 N–H and O–H groups in total. The Morgan fingerprint density at radius 3 is 2.55 bits per heavy atom. The summed E-state index contributed by atoms with van der Waals surface area (Å²) in [6.45, 7) is 10.6. The van der Waals surface area contributed by atoms with E-state index in [4.69, 9.17) is 9.47 Å². The first-order chi connectivity index (χ1) is 15.0. The molecule has 172 valence electrons. The SMILES string of the molecule is CSN1CCN(c2ccc3c(c2)CCC2(CCN(C(=O)OCCC(C)C)CC2)O3)CC1. The Labute approximate surface area is 191 Å². The third-order valence-electron chi connectivity index (χ3n) is 6.94. The lowest BCUT2D eigenvalue weighted by Crippen LogP contribution is -2.51. The maximum absolute atomic E-state index is 12.3. The van der Waals surface area contributed by atoms with Crippen molar-refractivity contribution in [3.63, 3.8) is 0 Å². The molecule has 4 rings (SSSR count). The fraction of sp³-hybridized carbons (Fsp3) is 0.708. The van der Waals surface area contributed by atoms with Crippen molar-refractivity contribution in [3.05, 3.63) is 23.8 Å². The largest absolute Gasteiger partial charge is 0.487 e. The zero-order valence-corrected chi connectivity index (χ0v) is 20.1. The first-order valence-corrected chi connectivity index (χ1v) is 12.9. The van der Waals surface area contributed by atoms with Crippen molar-refractivity contribution < 1.29 is 14.3 Å². The van der Waals surface area contributed by atoms with Gasteiger partial charge in [0.1, 0.15) is 11.4 Å². The molecule has 0 aromatic heterocycles. The Morgan fingerprint density at radius 1 is 1.13 bits per heavy atom. The molecule has 0 aliphatic carbocycles. The lowest BCUT2D eigenvalue weighted by atomic mass is 9.83. The van der Waals surface area contributed by atoms with E-state index in [1.165, 1.54) is 11.3 Å². The summed E-state index contributed by atoms with van der Waals surface area (Å²) >= 11 is 1.84. The van der Waals surface area contributed by atoms with Crippen molar-refractivity contribution in [2.45, 2.75) is 51.6 Å². The van der Waals surface area contributed by atoms with Gasteiger partial charge in [-0.25, -0.2) is 9.10 Å². The smallest absolute Gasteiger partial charge is 0.409 e. The zero-order chi connectivity index (χ0) is 21.8.